The van der Waals surface area contributed by atoms with E-state index in [1.54, 1.807) is 7.11 Å². The molecule has 2 rings (SSSR count). The molecule has 1 heterocycles. The summed E-state index contributed by atoms with van der Waals surface area (Å²) in [7, 11) is 1.68. The van der Waals surface area contributed by atoms with E-state index >= 15 is 0 Å². The molecule has 1 aromatic rings. The Labute approximate surface area is 115 Å². The van der Waals surface area contributed by atoms with Crippen molar-refractivity contribution in [2.24, 2.45) is 5.73 Å². The minimum atomic E-state index is 0.374. The Morgan fingerprint density at radius 3 is 2.68 bits per heavy atom. The van der Waals surface area contributed by atoms with Gasteiger partial charge in [0.25, 0.3) is 0 Å². The monoisotopic (exact) mass is 264 g/mol. The smallest absolute Gasteiger partial charge is 0.127 e. The van der Waals surface area contributed by atoms with Gasteiger partial charge in [0, 0.05) is 24.2 Å². The van der Waals surface area contributed by atoms with E-state index in [4.69, 9.17) is 15.2 Å². The van der Waals surface area contributed by atoms with Crippen molar-refractivity contribution < 1.29 is 9.47 Å². The van der Waals surface area contributed by atoms with Crippen LogP contribution in [0.15, 0.2) is 18.2 Å². The Morgan fingerprint density at radius 1 is 1.32 bits per heavy atom. The molecule has 0 atom stereocenters. The van der Waals surface area contributed by atoms with E-state index in [-0.39, 0.29) is 0 Å². The maximum Gasteiger partial charge on any atom is 0.127 e. The first-order chi connectivity index (χ1) is 9.22. The van der Waals surface area contributed by atoms with Crippen molar-refractivity contribution in [2.45, 2.75) is 32.4 Å². The van der Waals surface area contributed by atoms with Crippen LogP contribution in [0.3, 0.4) is 0 Å². The molecule has 0 aromatic heterocycles. The minimum absolute atomic E-state index is 0.374. The Morgan fingerprint density at radius 2 is 2.05 bits per heavy atom. The van der Waals surface area contributed by atoms with Crippen molar-refractivity contribution in [3.63, 3.8) is 0 Å². The predicted octanol–water partition coefficient (Wildman–Crippen LogP) is 2.02. The van der Waals surface area contributed by atoms with E-state index in [0.29, 0.717) is 12.6 Å². The highest BCUT2D eigenvalue weighted by Crippen LogP contribution is 2.26. The number of hydrogen-bond acceptors (Lipinski definition) is 4. The van der Waals surface area contributed by atoms with Gasteiger partial charge in [-0.25, -0.2) is 0 Å². The van der Waals surface area contributed by atoms with Crippen molar-refractivity contribution >= 4 is 0 Å². The highest BCUT2D eigenvalue weighted by Gasteiger charge is 2.17. The van der Waals surface area contributed by atoms with Crippen molar-refractivity contribution in [1.29, 1.82) is 0 Å². The number of nitrogens with zero attached hydrogens (tertiary/aromatic N) is 1. The molecule has 2 N–H and O–H groups in total. The summed E-state index contributed by atoms with van der Waals surface area (Å²) < 4.78 is 11.0. The molecule has 1 saturated heterocycles. The molecule has 1 aliphatic heterocycles. The summed E-state index contributed by atoms with van der Waals surface area (Å²) >= 11 is 0. The highest BCUT2D eigenvalue weighted by molar-refractivity contribution is 5.40. The highest BCUT2D eigenvalue weighted by atomic mass is 16.5. The standard InChI is InChI=1S/C15H24N2O2/c1-3-19-15-10-14(18-2)5-4-12(15)11-17-8-6-13(16)7-9-17/h4-5,10,13H,3,6-9,11,16H2,1-2H3. The first kappa shape index (κ1) is 14.2. The third-order valence-electron chi connectivity index (χ3n) is 3.60. The molecule has 0 aliphatic carbocycles. The van der Waals surface area contributed by atoms with Gasteiger partial charge in [0.2, 0.25) is 0 Å². The number of nitrogens with two attached hydrogens (primary N) is 1. The maximum absolute atomic E-state index is 5.94. The fourth-order valence-corrected chi connectivity index (χ4v) is 2.43. The van der Waals surface area contributed by atoms with Crippen molar-refractivity contribution in [1.82, 2.24) is 4.90 Å². The summed E-state index contributed by atoms with van der Waals surface area (Å²) in [5.41, 5.74) is 7.16. The van der Waals surface area contributed by atoms with E-state index in [0.717, 1.165) is 44.0 Å². The number of ether oxygens (including phenoxy) is 2. The number of hydrogen-bond donors (Lipinski definition) is 1. The van der Waals surface area contributed by atoms with Gasteiger partial charge in [-0.2, -0.15) is 0 Å². The first-order valence-electron chi connectivity index (χ1n) is 7.00. The molecule has 1 fully saturated rings. The molecule has 1 aliphatic rings. The third-order valence-corrected chi connectivity index (χ3v) is 3.60. The minimum Gasteiger partial charge on any atom is -0.497 e. The SMILES string of the molecule is CCOc1cc(OC)ccc1CN1CCC(N)CC1. The van der Waals surface area contributed by atoms with Crippen LogP contribution in [0.1, 0.15) is 25.3 Å². The quantitative estimate of drug-likeness (QED) is 0.884. The summed E-state index contributed by atoms with van der Waals surface area (Å²) in [4.78, 5) is 2.44. The van der Waals surface area contributed by atoms with Crippen LogP contribution < -0.4 is 15.2 Å². The van der Waals surface area contributed by atoms with Crippen molar-refractivity contribution in [2.75, 3.05) is 26.8 Å². The second-order valence-electron chi connectivity index (χ2n) is 5.02. The van der Waals surface area contributed by atoms with Crippen LogP contribution in [0.2, 0.25) is 0 Å². The molecule has 4 heteroatoms. The lowest BCUT2D eigenvalue weighted by Gasteiger charge is -2.30. The van der Waals surface area contributed by atoms with Crippen LogP contribution in [-0.4, -0.2) is 37.7 Å². The Balaban J connectivity index is 2.06. The zero-order valence-corrected chi connectivity index (χ0v) is 11.9. The van der Waals surface area contributed by atoms with E-state index in [2.05, 4.69) is 11.0 Å². The lowest BCUT2D eigenvalue weighted by Crippen LogP contribution is -2.39. The van der Waals surface area contributed by atoms with Crippen LogP contribution >= 0.6 is 0 Å². The van der Waals surface area contributed by atoms with Crippen LogP contribution in [0.4, 0.5) is 0 Å². The lowest BCUT2D eigenvalue weighted by molar-refractivity contribution is 0.202. The zero-order valence-electron chi connectivity index (χ0n) is 11.9. The molecule has 106 valence electrons. The lowest BCUT2D eigenvalue weighted by atomic mass is 10.0. The summed E-state index contributed by atoms with van der Waals surface area (Å²) in [6.45, 7) is 5.73. The zero-order chi connectivity index (χ0) is 13.7. The van der Waals surface area contributed by atoms with E-state index in [9.17, 15) is 0 Å². The molecule has 4 nitrogen and oxygen atoms in total. The van der Waals surface area contributed by atoms with Crippen molar-refractivity contribution in [3.05, 3.63) is 23.8 Å². The van der Waals surface area contributed by atoms with Crippen LogP contribution in [0, 0.1) is 0 Å². The van der Waals surface area contributed by atoms with Crippen LogP contribution in [0.25, 0.3) is 0 Å². The van der Waals surface area contributed by atoms with Crippen molar-refractivity contribution in [3.8, 4) is 11.5 Å². The number of methoxy groups -OCH3 is 1. The maximum atomic E-state index is 5.94. The summed E-state index contributed by atoms with van der Waals surface area (Å²) in [5.74, 6) is 1.77. The average Bonchev–Trinajstić information content (AvgIpc) is 2.43. The van der Waals surface area contributed by atoms with Gasteiger partial charge in [0.15, 0.2) is 0 Å². The molecular formula is C15H24N2O2. The second-order valence-corrected chi connectivity index (χ2v) is 5.02. The fourth-order valence-electron chi connectivity index (χ4n) is 2.43. The summed E-state index contributed by atoms with van der Waals surface area (Å²) in [6.07, 6.45) is 2.17. The normalized spacial score (nSPS) is 17.4. The van der Waals surface area contributed by atoms with Gasteiger partial charge in [-0.05, 0) is 38.9 Å². The Hall–Kier alpha value is -1.26. The van der Waals surface area contributed by atoms with Gasteiger partial charge in [-0.15, -0.1) is 0 Å². The van der Waals surface area contributed by atoms with Gasteiger partial charge in [0.1, 0.15) is 11.5 Å². The topological polar surface area (TPSA) is 47.7 Å². The molecule has 0 unspecified atom stereocenters. The van der Waals surface area contributed by atoms with Gasteiger partial charge in [-0.1, -0.05) is 6.07 Å². The third kappa shape index (κ3) is 3.85. The van der Waals surface area contributed by atoms with Gasteiger partial charge in [-0.3, -0.25) is 4.90 Å². The Kier molecular flexibility index (Phi) is 5.05. The van der Waals surface area contributed by atoms with Gasteiger partial charge in [0.05, 0.1) is 13.7 Å². The molecule has 0 radical (unpaired) electrons. The number of likely N-dealkylation sites (tertiary alicyclic amines) is 1. The molecule has 19 heavy (non-hydrogen) atoms. The van der Waals surface area contributed by atoms with Crippen LogP contribution in [0.5, 0.6) is 11.5 Å². The predicted molar refractivity (Wildman–Crippen MR) is 76.6 cm³/mol. The number of benzene rings is 1. The second kappa shape index (κ2) is 6.78. The number of piperidine rings is 1. The fraction of sp³-hybridized carbons (Fsp3) is 0.600. The van der Waals surface area contributed by atoms with E-state index in [1.807, 2.05) is 19.1 Å². The average molecular weight is 264 g/mol. The molecule has 0 spiro atoms. The molecule has 0 bridgehead atoms. The van der Waals surface area contributed by atoms with Gasteiger partial charge >= 0.3 is 0 Å². The first-order valence-corrected chi connectivity index (χ1v) is 7.00. The molecule has 0 saturated carbocycles. The van der Waals surface area contributed by atoms with Gasteiger partial charge < -0.3 is 15.2 Å². The summed E-state index contributed by atoms with van der Waals surface area (Å²) in [6, 6.07) is 6.43. The molecule has 0 amide bonds. The van der Waals surface area contributed by atoms with Crippen LogP contribution in [-0.2, 0) is 6.54 Å². The van der Waals surface area contributed by atoms with E-state index in [1.165, 1.54) is 5.56 Å². The number of rotatable bonds is 5. The van der Waals surface area contributed by atoms with E-state index < -0.39 is 0 Å². The summed E-state index contributed by atoms with van der Waals surface area (Å²) in [5, 5.41) is 0. The molecule has 1 aromatic carbocycles. The molecular weight excluding hydrogens is 240 g/mol. The largest absolute Gasteiger partial charge is 0.497 e. The Bertz CT molecular complexity index is 401.